The van der Waals surface area contributed by atoms with E-state index in [1.807, 2.05) is 12.3 Å². The molecule has 4 N–H and O–H groups in total. The van der Waals surface area contributed by atoms with Crippen molar-refractivity contribution in [1.29, 1.82) is 0 Å². The van der Waals surface area contributed by atoms with Gasteiger partial charge in [-0.1, -0.05) is 18.5 Å². The number of aromatic nitrogens is 3. The van der Waals surface area contributed by atoms with E-state index in [-0.39, 0.29) is 12.0 Å². The van der Waals surface area contributed by atoms with Gasteiger partial charge in [0.1, 0.15) is 5.75 Å². The number of methoxy groups -OCH3 is 1. The predicted molar refractivity (Wildman–Crippen MR) is 114 cm³/mol. The molecule has 0 spiro atoms. The van der Waals surface area contributed by atoms with Crippen LogP contribution in [0.1, 0.15) is 24.6 Å². The molecule has 1 atom stereocenters. The maximum Gasteiger partial charge on any atom is 0.227 e. The Kier molecular flexibility index (Phi) is 5.02. The Labute approximate surface area is 173 Å². The summed E-state index contributed by atoms with van der Waals surface area (Å²) >= 11 is 6.14. The van der Waals surface area contributed by atoms with Gasteiger partial charge in [0.05, 0.1) is 35.8 Å². The molecule has 0 bridgehead atoms. The van der Waals surface area contributed by atoms with Gasteiger partial charge in [0.2, 0.25) is 5.95 Å². The van der Waals surface area contributed by atoms with E-state index in [2.05, 4.69) is 33.3 Å². The molecule has 1 aromatic carbocycles. The molecule has 1 aliphatic carbocycles. The van der Waals surface area contributed by atoms with E-state index in [1.54, 1.807) is 25.4 Å². The number of aliphatic hydroxyl groups is 1. The Morgan fingerprint density at radius 3 is 2.90 bits per heavy atom. The number of hydrogen-bond donors (Lipinski definition) is 3. The van der Waals surface area contributed by atoms with Crippen LogP contribution in [0, 0.1) is 0 Å². The molecule has 29 heavy (non-hydrogen) atoms. The van der Waals surface area contributed by atoms with Crippen LogP contribution in [-0.2, 0) is 11.8 Å². The van der Waals surface area contributed by atoms with Gasteiger partial charge in [0.15, 0.2) is 0 Å². The van der Waals surface area contributed by atoms with Crippen molar-refractivity contribution in [3.63, 3.8) is 0 Å². The first-order valence-corrected chi connectivity index (χ1v) is 9.65. The summed E-state index contributed by atoms with van der Waals surface area (Å²) < 4.78 is 5.36. The zero-order chi connectivity index (χ0) is 20.6. The van der Waals surface area contributed by atoms with Gasteiger partial charge in [0, 0.05) is 35.1 Å². The summed E-state index contributed by atoms with van der Waals surface area (Å²) in [5.41, 5.74) is 10.3. The number of benzene rings is 1. The van der Waals surface area contributed by atoms with Gasteiger partial charge >= 0.3 is 0 Å². The number of halogens is 1. The van der Waals surface area contributed by atoms with E-state index in [0.29, 0.717) is 28.1 Å². The molecule has 7 nitrogen and oxygen atoms in total. The minimum atomic E-state index is -0.263. The topological polar surface area (TPSA) is 106 Å². The summed E-state index contributed by atoms with van der Waals surface area (Å²) in [7, 11) is 1.56. The number of rotatable bonds is 5. The second-order valence-electron chi connectivity index (χ2n) is 7.40. The smallest absolute Gasteiger partial charge is 0.227 e. The number of hydrogen-bond acceptors (Lipinski definition) is 7. The normalized spacial score (nSPS) is 17.8. The molecule has 8 heteroatoms. The first kappa shape index (κ1) is 19.4. The highest BCUT2D eigenvalue weighted by molar-refractivity contribution is 6.33. The molecule has 0 saturated heterocycles. The Bertz CT molecular complexity index is 1070. The number of nitrogens with two attached hydrogens (primary N) is 1. The highest BCUT2D eigenvalue weighted by Crippen LogP contribution is 2.39. The molecule has 0 saturated carbocycles. The second-order valence-corrected chi connectivity index (χ2v) is 7.81. The fourth-order valence-electron chi connectivity index (χ4n) is 3.58. The van der Waals surface area contributed by atoms with Gasteiger partial charge in [-0.2, -0.15) is 0 Å². The average Bonchev–Trinajstić information content (AvgIpc) is 3.07. The number of nitrogen functional groups attached to an aromatic ring is 1. The lowest BCUT2D eigenvalue weighted by atomic mass is 9.85. The maximum absolute atomic E-state index is 9.84. The number of nitrogens with one attached hydrogen (secondary N) is 1. The molecule has 0 radical (unpaired) electrons. The van der Waals surface area contributed by atoms with Crippen molar-refractivity contribution in [2.75, 3.05) is 24.8 Å². The lowest BCUT2D eigenvalue weighted by molar-refractivity contribution is 0.206. The summed E-state index contributed by atoms with van der Waals surface area (Å²) in [5, 5.41) is 13.4. The molecule has 150 valence electrons. The van der Waals surface area contributed by atoms with Crippen molar-refractivity contribution in [3.8, 4) is 17.0 Å². The predicted octanol–water partition coefficient (Wildman–Crippen LogP) is 3.72. The number of fused-ring (bicyclic) bond motifs is 1. The minimum Gasteiger partial charge on any atom is -0.494 e. The van der Waals surface area contributed by atoms with Crippen LogP contribution >= 0.6 is 11.6 Å². The van der Waals surface area contributed by atoms with Crippen LogP contribution in [0.3, 0.4) is 0 Å². The Morgan fingerprint density at radius 1 is 1.31 bits per heavy atom. The van der Waals surface area contributed by atoms with E-state index < -0.39 is 0 Å². The number of aryl methyl sites for hydroxylation is 1. The van der Waals surface area contributed by atoms with Gasteiger partial charge in [-0.15, -0.1) is 0 Å². The van der Waals surface area contributed by atoms with Gasteiger partial charge in [-0.3, -0.25) is 4.98 Å². The fraction of sp³-hybridized carbons (Fsp3) is 0.286. The zero-order valence-electron chi connectivity index (χ0n) is 16.2. The van der Waals surface area contributed by atoms with Crippen molar-refractivity contribution < 1.29 is 9.84 Å². The van der Waals surface area contributed by atoms with E-state index in [9.17, 15) is 5.11 Å². The molecule has 2 aromatic heterocycles. The van der Waals surface area contributed by atoms with Crippen LogP contribution in [0.5, 0.6) is 5.75 Å². The minimum absolute atomic E-state index is 0.0966. The summed E-state index contributed by atoms with van der Waals surface area (Å²) in [6.07, 6.45) is 5.26. The van der Waals surface area contributed by atoms with Crippen molar-refractivity contribution in [3.05, 3.63) is 52.9 Å². The molecule has 1 unspecified atom stereocenters. The molecule has 0 amide bonds. The summed E-state index contributed by atoms with van der Waals surface area (Å²) in [6.45, 7) is 2.16. The second kappa shape index (κ2) is 7.50. The lowest BCUT2D eigenvalue weighted by Crippen LogP contribution is -2.23. The molecule has 0 aliphatic heterocycles. The number of nitrogens with zero attached hydrogens (tertiary/aromatic N) is 3. The van der Waals surface area contributed by atoms with Crippen molar-refractivity contribution in [2.24, 2.45) is 0 Å². The summed E-state index contributed by atoms with van der Waals surface area (Å²) in [6, 6.07) is 7.22. The fourth-order valence-corrected chi connectivity index (χ4v) is 3.75. The molecule has 2 heterocycles. The molecule has 0 fully saturated rings. The number of anilines is 3. The summed E-state index contributed by atoms with van der Waals surface area (Å²) in [4.78, 5) is 13.5. The Morgan fingerprint density at radius 2 is 2.14 bits per heavy atom. The average molecular weight is 412 g/mol. The number of aliphatic hydroxyl groups excluding tert-OH is 1. The van der Waals surface area contributed by atoms with Crippen LogP contribution in [0.15, 0.2) is 36.7 Å². The van der Waals surface area contributed by atoms with Gasteiger partial charge < -0.3 is 20.9 Å². The lowest BCUT2D eigenvalue weighted by Gasteiger charge is -2.22. The monoisotopic (exact) mass is 411 g/mol. The van der Waals surface area contributed by atoms with E-state index >= 15 is 0 Å². The molecular weight excluding hydrogens is 390 g/mol. The van der Waals surface area contributed by atoms with E-state index in [4.69, 9.17) is 22.1 Å². The number of pyridine rings is 1. The first-order valence-electron chi connectivity index (χ1n) is 9.27. The first-order chi connectivity index (χ1) is 13.9. The largest absolute Gasteiger partial charge is 0.494 e. The third kappa shape index (κ3) is 3.59. The van der Waals surface area contributed by atoms with Crippen LogP contribution in [0.25, 0.3) is 11.3 Å². The van der Waals surface area contributed by atoms with Gasteiger partial charge in [0.25, 0.3) is 0 Å². The Hall–Kier alpha value is -2.90. The summed E-state index contributed by atoms with van der Waals surface area (Å²) in [5.74, 6) is 0.936. The standard InChI is InChI=1S/C21H22ClN5O2/c1-21(11-28)5-3-17-13(21)7-12(10-25-17)16-4-6-24-20(26-16)27-18-8-14(22)15(23)9-19(18)29-2/h4,6-10,28H,3,5,11,23H2,1-2H3,(H,24,26,27). The molecule has 4 rings (SSSR count). The Balaban J connectivity index is 1.68. The SMILES string of the molecule is COc1cc(N)c(Cl)cc1Nc1nccc(-c2cnc3c(c2)C(C)(CO)CC3)n1. The molecule has 3 aromatic rings. The van der Waals surface area contributed by atoms with Crippen LogP contribution in [0.2, 0.25) is 5.02 Å². The maximum atomic E-state index is 9.84. The molecule has 1 aliphatic rings. The highest BCUT2D eigenvalue weighted by atomic mass is 35.5. The van der Waals surface area contributed by atoms with Crippen LogP contribution in [0.4, 0.5) is 17.3 Å². The van der Waals surface area contributed by atoms with Crippen LogP contribution in [-0.4, -0.2) is 33.8 Å². The third-order valence-electron chi connectivity index (χ3n) is 5.40. The number of ether oxygens (including phenoxy) is 1. The van der Waals surface area contributed by atoms with Crippen molar-refractivity contribution in [1.82, 2.24) is 15.0 Å². The highest BCUT2D eigenvalue weighted by Gasteiger charge is 2.35. The quantitative estimate of drug-likeness (QED) is 0.549. The van der Waals surface area contributed by atoms with Gasteiger partial charge in [-0.05, 0) is 36.6 Å². The molecular formula is C21H22ClN5O2. The van der Waals surface area contributed by atoms with Crippen molar-refractivity contribution >= 4 is 28.9 Å². The van der Waals surface area contributed by atoms with E-state index in [1.165, 1.54) is 0 Å². The van der Waals surface area contributed by atoms with E-state index in [0.717, 1.165) is 35.4 Å². The van der Waals surface area contributed by atoms with Crippen LogP contribution < -0.4 is 15.8 Å². The van der Waals surface area contributed by atoms with Crippen molar-refractivity contribution in [2.45, 2.75) is 25.2 Å². The zero-order valence-corrected chi connectivity index (χ0v) is 17.0. The third-order valence-corrected chi connectivity index (χ3v) is 5.73. The van der Waals surface area contributed by atoms with Gasteiger partial charge in [-0.25, -0.2) is 9.97 Å².